The first-order valence-corrected chi connectivity index (χ1v) is 6.95. The maximum atomic E-state index is 5.85. The highest BCUT2D eigenvalue weighted by Gasteiger charge is 2.23. The number of rotatable bonds is 4. The number of nitrogens with zero attached hydrogens (tertiary/aromatic N) is 2. The van der Waals surface area contributed by atoms with E-state index in [0.717, 1.165) is 6.54 Å². The van der Waals surface area contributed by atoms with Crippen LogP contribution in [0.15, 0.2) is 4.99 Å². The Balaban J connectivity index is 0.00000162. The Labute approximate surface area is 128 Å². The van der Waals surface area contributed by atoms with Crippen LogP contribution in [0.4, 0.5) is 0 Å². The second kappa shape index (κ2) is 7.53. The van der Waals surface area contributed by atoms with E-state index >= 15 is 0 Å². The highest BCUT2D eigenvalue weighted by Crippen LogP contribution is 2.19. The van der Waals surface area contributed by atoms with Crippen LogP contribution in [0.2, 0.25) is 0 Å². The van der Waals surface area contributed by atoms with Crippen molar-refractivity contribution >= 4 is 29.9 Å². The van der Waals surface area contributed by atoms with Gasteiger partial charge >= 0.3 is 0 Å². The van der Waals surface area contributed by atoms with Gasteiger partial charge in [-0.25, -0.2) is 0 Å². The summed E-state index contributed by atoms with van der Waals surface area (Å²) in [6, 6.07) is 1.26. The predicted octanol–water partition coefficient (Wildman–Crippen LogP) is 1.79. The lowest BCUT2D eigenvalue weighted by Crippen LogP contribution is -2.41. The Morgan fingerprint density at radius 1 is 1.39 bits per heavy atom. The number of piperidine rings is 1. The maximum Gasteiger partial charge on any atom is 0.188 e. The standard InChI is InChI=1S/C13H26N4.HI/c1-10(2)17-7-3-4-11(9-17)8-15-13(14)16-12-5-6-12;/h10-12H,3-9H2,1-2H3,(H3,14,15,16);1H. The van der Waals surface area contributed by atoms with E-state index in [0.29, 0.717) is 24.0 Å². The van der Waals surface area contributed by atoms with Crippen molar-refractivity contribution in [2.45, 2.75) is 51.6 Å². The van der Waals surface area contributed by atoms with Crippen molar-refractivity contribution < 1.29 is 0 Å². The van der Waals surface area contributed by atoms with E-state index in [1.165, 1.54) is 38.8 Å². The van der Waals surface area contributed by atoms with Crippen LogP contribution in [0, 0.1) is 5.92 Å². The summed E-state index contributed by atoms with van der Waals surface area (Å²) in [5, 5.41) is 3.24. The summed E-state index contributed by atoms with van der Waals surface area (Å²) in [7, 11) is 0. The van der Waals surface area contributed by atoms with Crippen LogP contribution in [0.5, 0.6) is 0 Å². The van der Waals surface area contributed by atoms with Gasteiger partial charge in [0.2, 0.25) is 0 Å². The second-order valence-corrected chi connectivity index (χ2v) is 5.74. The molecule has 1 saturated heterocycles. The van der Waals surface area contributed by atoms with E-state index in [2.05, 4.69) is 29.1 Å². The molecule has 0 spiro atoms. The fourth-order valence-corrected chi connectivity index (χ4v) is 2.43. The topological polar surface area (TPSA) is 53.6 Å². The van der Waals surface area contributed by atoms with Gasteiger partial charge in [-0.1, -0.05) is 0 Å². The van der Waals surface area contributed by atoms with Crippen molar-refractivity contribution in [1.82, 2.24) is 10.2 Å². The molecule has 106 valence electrons. The fourth-order valence-electron chi connectivity index (χ4n) is 2.43. The number of guanidine groups is 1. The third-order valence-electron chi connectivity index (χ3n) is 3.73. The third kappa shape index (κ3) is 5.30. The Kier molecular flexibility index (Phi) is 6.70. The molecule has 5 heteroatoms. The molecule has 0 aromatic heterocycles. The molecule has 4 nitrogen and oxygen atoms in total. The van der Waals surface area contributed by atoms with Crippen LogP contribution >= 0.6 is 24.0 Å². The average Bonchev–Trinajstić information content (AvgIpc) is 3.11. The predicted molar refractivity (Wildman–Crippen MR) is 87.5 cm³/mol. The van der Waals surface area contributed by atoms with Crippen molar-refractivity contribution in [2.24, 2.45) is 16.6 Å². The molecule has 2 rings (SSSR count). The summed E-state index contributed by atoms with van der Waals surface area (Å²) in [4.78, 5) is 7.03. The molecule has 1 heterocycles. The first kappa shape index (κ1) is 16.0. The van der Waals surface area contributed by atoms with Gasteiger partial charge in [-0.2, -0.15) is 0 Å². The summed E-state index contributed by atoms with van der Waals surface area (Å²) < 4.78 is 0. The summed E-state index contributed by atoms with van der Waals surface area (Å²) in [6.07, 6.45) is 5.10. The van der Waals surface area contributed by atoms with Crippen LogP contribution in [0.1, 0.15) is 39.5 Å². The first-order valence-electron chi connectivity index (χ1n) is 6.95. The molecule has 2 aliphatic rings. The molecule has 0 amide bonds. The lowest BCUT2D eigenvalue weighted by Gasteiger charge is -2.34. The lowest BCUT2D eigenvalue weighted by atomic mass is 9.97. The molecule has 18 heavy (non-hydrogen) atoms. The van der Waals surface area contributed by atoms with E-state index in [4.69, 9.17) is 5.73 Å². The number of nitrogens with one attached hydrogen (secondary N) is 1. The van der Waals surface area contributed by atoms with Gasteiger partial charge in [-0.15, -0.1) is 24.0 Å². The minimum atomic E-state index is 0. The SMILES string of the molecule is CC(C)N1CCCC(CN=C(N)NC2CC2)C1.I. The second-order valence-electron chi connectivity index (χ2n) is 5.74. The quantitative estimate of drug-likeness (QED) is 0.453. The molecular weight excluding hydrogens is 339 g/mol. The lowest BCUT2D eigenvalue weighted by molar-refractivity contribution is 0.143. The Bertz CT molecular complexity index is 276. The molecule has 3 N–H and O–H groups in total. The van der Waals surface area contributed by atoms with Gasteiger partial charge in [0, 0.05) is 25.2 Å². The van der Waals surface area contributed by atoms with E-state index < -0.39 is 0 Å². The summed E-state index contributed by atoms with van der Waals surface area (Å²) >= 11 is 0. The molecule has 0 bridgehead atoms. The first-order chi connectivity index (χ1) is 8.15. The highest BCUT2D eigenvalue weighted by atomic mass is 127. The van der Waals surface area contributed by atoms with Gasteiger partial charge in [-0.3, -0.25) is 4.99 Å². The Morgan fingerprint density at radius 3 is 2.72 bits per heavy atom. The van der Waals surface area contributed by atoms with Gasteiger partial charge in [0.15, 0.2) is 5.96 Å². The fraction of sp³-hybridized carbons (Fsp3) is 0.923. The number of nitrogens with two attached hydrogens (primary N) is 1. The van der Waals surface area contributed by atoms with E-state index in [-0.39, 0.29) is 24.0 Å². The van der Waals surface area contributed by atoms with Crippen LogP contribution in [-0.2, 0) is 0 Å². The molecule has 1 atom stereocenters. The van der Waals surface area contributed by atoms with Gasteiger partial charge in [0.25, 0.3) is 0 Å². The van der Waals surface area contributed by atoms with E-state index in [1.54, 1.807) is 0 Å². The number of halogens is 1. The van der Waals surface area contributed by atoms with Crippen molar-refractivity contribution in [1.29, 1.82) is 0 Å². The molecule has 1 unspecified atom stereocenters. The van der Waals surface area contributed by atoms with Gasteiger partial charge < -0.3 is 16.0 Å². The summed E-state index contributed by atoms with van der Waals surface area (Å²) in [6.45, 7) is 7.85. The Morgan fingerprint density at radius 2 is 2.11 bits per heavy atom. The number of likely N-dealkylation sites (tertiary alicyclic amines) is 1. The van der Waals surface area contributed by atoms with Crippen LogP contribution in [0.25, 0.3) is 0 Å². The van der Waals surface area contributed by atoms with Gasteiger partial charge in [-0.05, 0) is 52.0 Å². The van der Waals surface area contributed by atoms with Crippen molar-refractivity contribution in [3.05, 3.63) is 0 Å². The molecule has 1 aliphatic heterocycles. The summed E-state index contributed by atoms with van der Waals surface area (Å²) in [5.74, 6) is 1.33. The molecular formula is C13H27IN4. The minimum absolute atomic E-state index is 0. The average molecular weight is 366 g/mol. The molecule has 2 fully saturated rings. The van der Waals surface area contributed by atoms with E-state index in [1.807, 2.05) is 0 Å². The Hall–Kier alpha value is -0.0400. The van der Waals surface area contributed by atoms with Crippen LogP contribution in [-0.4, -0.2) is 42.6 Å². The van der Waals surface area contributed by atoms with Crippen molar-refractivity contribution in [3.63, 3.8) is 0 Å². The van der Waals surface area contributed by atoms with Crippen LogP contribution in [0.3, 0.4) is 0 Å². The molecule has 1 aliphatic carbocycles. The number of hydrogen-bond donors (Lipinski definition) is 2. The molecule has 0 aromatic carbocycles. The monoisotopic (exact) mass is 366 g/mol. The zero-order valence-electron chi connectivity index (χ0n) is 11.6. The summed E-state index contributed by atoms with van der Waals surface area (Å²) in [5.41, 5.74) is 5.85. The zero-order valence-corrected chi connectivity index (χ0v) is 13.9. The molecule has 0 aromatic rings. The highest BCUT2D eigenvalue weighted by molar-refractivity contribution is 14.0. The largest absolute Gasteiger partial charge is 0.370 e. The number of hydrogen-bond acceptors (Lipinski definition) is 2. The zero-order chi connectivity index (χ0) is 12.3. The van der Waals surface area contributed by atoms with Gasteiger partial charge in [0.05, 0.1) is 0 Å². The van der Waals surface area contributed by atoms with E-state index in [9.17, 15) is 0 Å². The van der Waals surface area contributed by atoms with Gasteiger partial charge in [0.1, 0.15) is 0 Å². The molecule has 0 radical (unpaired) electrons. The maximum absolute atomic E-state index is 5.85. The van der Waals surface area contributed by atoms with Crippen molar-refractivity contribution in [2.75, 3.05) is 19.6 Å². The normalized spacial score (nSPS) is 25.9. The molecule has 1 saturated carbocycles. The number of aliphatic imine (C=N–C) groups is 1. The third-order valence-corrected chi connectivity index (χ3v) is 3.73. The smallest absolute Gasteiger partial charge is 0.188 e. The minimum Gasteiger partial charge on any atom is -0.370 e. The van der Waals surface area contributed by atoms with Crippen LogP contribution < -0.4 is 11.1 Å². The van der Waals surface area contributed by atoms with Crippen molar-refractivity contribution in [3.8, 4) is 0 Å².